The molecule has 0 atom stereocenters. The minimum absolute atomic E-state index is 0.298. The maximum Gasteiger partial charge on any atom is 0.247 e. The molecule has 9 nitrogen and oxygen atoms in total. The number of anilines is 5. The molecule has 34 heavy (non-hydrogen) atoms. The summed E-state index contributed by atoms with van der Waals surface area (Å²) in [4.78, 5) is 25.4. The van der Waals surface area contributed by atoms with E-state index in [1.54, 1.807) is 6.07 Å². The zero-order valence-corrected chi connectivity index (χ0v) is 20.2. The number of carbonyl (C=O) groups excluding carboxylic acids is 1. The number of nitriles is 1. The molecule has 4 rings (SSSR count). The Morgan fingerprint density at radius 2 is 2.00 bits per heavy atom. The summed E-state index contributed by atoms with van der Waals surface area (Å²) in [6, 6.07) is 6.63. The molecule has 1 aliphatic carbocycles. The van der Waals surface area contributed by atoms with Crippen LogP contribution in [0.15, 0.2) is 31.0 Å². The number of halogens is 1. The van der Waals surface area contributed by atoms with Crippen molar-refractivity contribution >= 4 is 46.3 Å². The van der Waals surface area contributed by atoms with Gasteiger partial charge < -0.3 is 25.8 Å². The van der Waals surface area contributed by atoms with Gasteiger partial charge in [-0.2, -0.15) is 10.2 Å². The van der Waals surface area contributed by atoms with Crippen LogP contribution in [-0.4, -0.2) is 60.0 Å². The van der Waals surface area contributed by atoms with Gasteiger partial charge in [0.15, 0.2) is 0 Å². The molecule has 1 saturated carbocycles. The molecule has 0 radical (unpaired) electrons. The largest absolute Gasteiger partial charge is 0.370 e. The van der Waals surface area contributed by atoms with Gasteiger partial charge in [0.05, 0.1) is 28.3 Å². The third-order valence-corrected chi connectivity index (χ3v) is 6.44. The van der Waals surface area contributed by atoms with Crippen LogP contribution in [-0.2, 0) is 4.79 Å². The second-order valence-corrected chi connectivity index (χ2v) is 9.24. The van der Waals surface area contributed by atoms with E-state index < -0.39 is 0 Å². The van der Waals surface area contributed by atoms with Crippen LogP contribution in [0.25, 0.3) is 0 Å². The molecule has 2 heterocycles. The number of carbonyl (C=O) groups is 1. The Labute approximate surface area is 204 Å². The monoisotopic (exact) mass is 480 g/mol. The molecule has 0 spiro atoms. The summed E-state index contributed by atoms with van der Waals surface area (Å²) in [5.74, 6) is 0.456. The highest BCUT2D eigenvalue weighted by atomic mass is 35.5. The fourth-order valence-corrected chi connectivity index (χ4v) is 4.28. The van der Waals surface area contributed by atoms with Crippen molar-refractivity contribution in [2.24, 2.45) is 0 Å². The third kappa shape index (κ3) is 5.58. The smallest absolute Gasteiger partial charge is 0.247 e. The van der Waals surface area contributed by atoms with E-state index in [1.165, 1.54) is 12.3 Å². The van der Waals surface area contributed by atoms with Crippen LogP contribution in [0.3, 0.4) is 0 Å². The summed E-state index contributed by atoms with van der Waals surface area (Å²) in [7, 11) is 4.21. The highest BCUT2D eigenvalue weighted by Crippen LogP contribution is 2.38. The summed E-state index contributed by atoms with van der Waals surface area (Å²) >= 11 is 6.71. The maximum absolute atomic E-state index is 12.2. The summed E-state index contributed by atoms with van der Waals surface area (Å²) in [6.45, 7) is 5.30. The standard InChI is InChI=1S/C24H29ClN8O/c1-4-22(34)29-20-12-21(33-9-7-17(8-10-33)32(2)3)18(25)11-19(20)30-24-27-14-15(13-26)23(31-24)28-16-5-6-16/h4,11-12,14,16-17H,1,5-10H2,2-3H3,(H,29,34)(H2,27,28,30,31). The Bertz CT molecular complexity index is 1120. The van der Waals surface area contributed by atoms with Gasteiger partial charge in [0.1, 0.15) is 17.5 Å². The normalized spacial score (nSPS) is 16.1. The summed E-state index contributed by atoms with van der Waals surface area (Å²) in [5, 5.41) is 19.2. The van der Waals surface area contributed by atoms with Crippen molar-refractivity contribution in [2.75, 3.05) is 48.0 Å². The first-order valence-corrected chi connectivity index (χ1v) is 11.7. The second-order valence-electron chi connectivity index (χ2n) is 8.84. The van der Waals surface area contributed by atoms with Gasteiger partial charge in [0.25, 0.3) is 0 Å². The van der Waals surface area contributed by atoms with Gasteiger partial charge in [-0.15, -0.1) is 0 Å². The van der Waals surface area contributed by atoms with Crippen LogP contribution in [0.1, 0.15) is 31.2 Å². The quantitative estimate of drug-likeness (QED) is 0.487. The van der Waals surface area contributed by atoms with E-state index >= 15 is 0 Å². The molecule has 0 bridgehead atoms. The maximum atomic E-state index is 12.2. The van der Waals surface area contributed by atoms with Crippen molar-refractivity contribution < 1.29 is 4.79 Å². The SMILES string of the molecule is C=CC(=O)Nc1cc(N2CCC(N(C)C)CC2)c(Cl)cc1Nc1ncc(C#N)c(NC2CC2)n1. The van der Waals surface area contributed by atoms with Gasteiger partial charge in [-0.05, 0) is 58.0 Å². The summed E-state index contributed by atoms with van der Waals surface area (Å²) < 4.78 is 0. The van der Waals surface area contributed by atoms with Crippen molar-refractivity contribution in [3.05, 3.63) is 41.6 Å². The molecule has 2 aromatic rings. The molecular formula is C24H29ClN8O. The van der Waals surface area contributed by atoms with Gasteiger partial charge in [0, 0.05) is 25.2 Å². The first kappa shape index (κ1) is 23.8. The van der Waals surface area contributed by atoms with Crippen LogP contribution in [0.4, 0.5) is 28.8 Å². The van der Waals surface area contributed by atoms with E-state index in [9.17, 15) is 10.1 Å². The van der Waals surface area contributed by atoms with E-state index in [-0.39, 0.29) is 5.91 Å². The van der Waals surface area contributed by atoms with E-state index in [0.29, 0.717) is 45.8 Å². The highest BCUT2D eigenvalue weighted by molar-refractivity contribution is 6.34. The predicted octanol–water partition coefficient (Wildman–Crippen LogP) is 3.97. The van der Waals surface area contributed by atoms with Crippen LogP contribution < -0.4 is 20.9 Å². The molecule has 10 heteroatoms. The van der Waals surface area contributed by atoms with Gasteiger partial charge in [0.2, 0.25) is 11.9 Å². The average molecular weight is 481 g/mol. The van der Waals surface area contributed by atoms with Crippen LogP contribution in [0, 0.1) is 11.3 Å². The van der Waals surface area contributed by atoms with Crippen molar-refractivity contribution in [2.45, 2.75) is 37.8 Å². The van der Waals surface area contributed by atoms with Gasteiger partial charge in [-0.3, -0.25) is 4.79 Å². The van der Waals surface area contributed by atoms with Gasteiger partial charge in [-0.1, -0.05) is 18.2 Å². The molecular weight excluding hydrogens is 452 g/mol. The lowest BCUT2D eigenvalue weighted by Crippen LogP contribution is -2.42. The molecule has 1 saturated heterocycles. The predicted molar refractivity (Wildman–Crippen MR) is 136 cm³/mol. The Morgan fingerprint density at radius 1 is 1.26 bits per heavy atom. The van der Waals surface area contributed by atoms with Crippen LogP contribution in [0.5, 0.6) is 0 Å². The van der Waals surface area contributed by atoms with Crippen molar-refractivity contribution in [1.29, 1.82) is 5.26 Å². The number of benzene rings is 1. The molecule has 1 aliphatic heterocycles. The number of piperidine rings is 1. The zero-order valence-electron chi connectivity index (χ0n) is 19.4. The number of nitrogens with zero attached hydrogens (tertiary/aromatic N) is 5. The molecule has 1 aromatic heterocycles. The zero-order chi connectivity index (χ0) is 24.2. The highest BCUT2D eigenvalue weighted by Gasteiger charge is 2.25. The minimum atomic E-state index is -0.334. The molecule has 2 aliphatic rings. The van der Waals surface area contributed by atoms with Crippen LogP contribution in [0.2, 0.25) is 5.02 Å². The number of hydrogen-bond acceptors (Lipinski definition) is 8. The molecule has 2 fully saturated rings. The average Bonchev–Trinajstić information content (AvgIpc) is 3.65. The number of hydrogen-bond donors (Lipinski definition) is 3. The Balaban J connectivity index is 1.62. The fourth-order valence-electron chi connectivity index (χ4n) is 3.99. The number of rotatable bonds is 8. The Hall–Kier alpha value is -3.35. The van der Waals surface area contributed by atoms with Gasteiger partial charge >= 0.3 is 0 Å². The van der Waals surface area contributed by atoms with E-state index in [1.807, 2.05) is 6.07 Å². The summed E-state index contributed by atoms with van der Waals surface area (Å²) in [5.41, 5.74) is 2.34. The molecule has 1 aromatic carbocycles. The second kappa shape index (κ2) is 10.3. The van der Waals surface area contributed by atoms with E-state index in [4.69, 9.17) is 11.6 Å². The fraction of sp³-hybridized carbons (Fsp3) is 0.417. The summed E-state index contributed by atoms with van der Waals surface area (Å²) in [6.07, 6.45) is 6.88. The van der Waals surface area contributed by atoms with Crippen molar-refractivity contribution in [3.63, 3.8) is 0 Å². The molecule has 1 amide bonds. The van der Waals surface area contributed by atoms with E-state index in [2.05, 4.69) is 62.5 Å². The molecule has 178 valence electrons. The Morgan fingerprint density at radius 3 is 2.62 bits per heavy atom. The topological polar surface area (TPSA) is 109 Å². The first-order valence-electron chi connectivity index (χ1n) is 11.4. The Kier molecular flexibility index (Phi) is 7.20. The third-order valence-electron chi connectivity index (χ3n) is 6.14. The minimum Gasteiger partial charge on any atom is -0.370 e. The molecule has 3 N–H and O–H groups in total. The number of amides is 1. The number of aromatic nitrogens is 2. The number of nitrogens with one attached hydrogen (secondary N) is 3. The first-order chi connectivity index (χ1) is 16.4. The van der Waals surface area contributed by atoms with Crippen LogP contribution >= 0.6 is 11.6 Å². The van der Waals surface area contributed by atoms with Crippen molar-refractivity contribution in [1.82, 2.24) is 14.9 Å². The lowest BCUT2D eigenvalue weighted by Gasteiger charge is -2.37. The van der Waals surface area contributed by atoms with Gasteiger partial charge in [-0.25, -0.2) is 4.98 Å². The van der Waals surface area contributed by atoms with Crippen molar-refractivity contribution in [3.8, 4) is 6.07 Å². The molecule has 0 unspecified atom stereocenters. The lowest BCUT2D eigenvalue weighted by molar-refractivity contribution is -0.111. The lowest BCUT2D eigenvalue weighted by atomic mass is 10.0. The van der Waals surface area contributed by atoms with E-state index in [0.717, 1.165) is 44.5 Å².